The lowest BCUT2D eigenvalue weighted by Gasteiger charge is -2.36. The standard InChI is InChI=1S/C37H43F3N2O5/c1-36(2,3)47-35(45)42(32-9-6-8-30-29(32)19-20-31(41-30)34(43)44)22-21-27-7-4-5-10-33(27)46-23-24-11-13-25(14-12-24)26-15-17-28(18-16-26)37(38,39)40/h4-5,7,10-14,19-20,26,28,32H,6,8-9,15-18,21-23H2,1-3H3,(H,43,44). The summed E-state index contributed by atoms with van der Waals surface area (Å²) in [5.41, 5.74) is 3.77. The maximum Gasteiger partial charge on any atom is 0.410 e. The smallest absolute Gasteiger partial charge is 0.410 e. The number of carboxylic acids is 1. The molecule has 3 aromatic rings. The summed E-state index contributed by atoms with van der Waals surface area (Å²) in [6, 6.07) is 18.6. The Balaban J connectivity index is 1.26. The summed E-state index contributed by atoms with van der Waals surface area (Å²) in [6.45, 7) is 6.15. The molecule has 1 saturated carbocycles. The Bertz CT molecular complexity index is 1540. The Morgan fingerprint density at radius 3 is 2.30 bits per heavy atom. The maximum absolute atomic E-state index is 13.6. The number of aromatic carboxylic acids is 1. The number of para-hydroxylation sites is 1. The van der Waals surface area contributed by atoms with Crippen LogP contribution in [-0.4, -0.2) is 45.4 Å². The molecule has 10 heteroatoms. The molecule has 1 aromatic heterocycles. The first-order valence-corrected chi connectivity index (χ1v) is 16.4. The van der Waals surface area contributed by atoms with Crippen molar-refractivity contribution in [2.75, 3.05) is 6.54 Å². The van der Waals surface area contributed by atoms with E-state index in [1.807, 2.05) is 69.3 Å². The maximum atomic E-state index is 13.6. The van der Waals surface area contributed by atoms with Crippen molar-refractivity contribution >= 4 is 12.1 Å². The summed E-state index contributed by atoms with van der Waals surface area (Å²) < 4.78 is 51.3. The SMILES string of the molecule is CC(C)(C)OC(=O)N(CCc1ccccc1OCc1ccc(C2CCC(C(F)(F)F)CC2)cc1)C1CCCc2nc(C(=O)O)ccc21. The molecule has 252 valence electrons. The number of fused-ring (bicyclic) bond motifs is 1. The van der Waals surface area contributed by atoms with Crippen LogP contribution in [0.4, 0.5) is 18.0 Å². The van der Waals surface area contributed by atoms with Gasteiger partial charge in [-0.05, 0) is 112 Å². The van der Waals surface area contributed by atoms with Crippen molar-refractivity contribution in [2.45, 2.75) is 102 Å². The Hall–Kier alpha value is -4.08. The highest BCUT2D eigenvalue weighted by Gasteiger charge is 2.41. The number of benzene rings is 2. The zero-order chi connectivity index (χ0) is 33.8. The van der Waals surface area contributed by atoms with Crippen LogP contribution in [0.3, 0.4) is 0 Å². The third kappa shape index (κ3) is 8.84. The largest absolute Gasteiger partial charge is 0.489 e. The fourth-order valence-corrected chi connectivity index (χ4v) is 6.67. The van der Waals surface area contributed by atoms with Crippen LogP contribution < -0.4 is 4.74 Å². The summed E-state index contributed by atoms with van der Waals surface area (Å²) in [5, 5.41) is 9.44. The van der Waals surface area contributed by atoms with Crippen LogP contribution in [0.15, 0.2) is 60.7 Å². The Labute approximate surface area is 274 Å². The quantitative estimate of drug-likeness (QED) is 0.248. The normalized spacial score (nSPS) is 19.8. The van der Waals surface area contributed by atoms with E-state index in [9.17, 15) is 27.9 Å². The first-order chi connectivity index (χ1) is 22.3. The molecule has 1 N–H and O–H groups in total. The van der Waals surface area contributed by atoms with Gasteiger partial charge in [-0.2, -0.15) is 13.2 Å². The number of hydrogen-bond acceptors (Lipinski definition) is 5. The fraction of sp³-hybridized carbons (Fsp3) is 0.486. The van der Waals surface area contributed by atoms with Gasteiger partial charge in [-0.25, -0.2) is 14.6 Å². The molecule has 0 aliphatic heterocycles. The van der Waals surface area contributed by atoms with Crippen molar-refractivity contribution in [3.63, 3.8) is 0 Å². The number of aromatic nitrogens is 1. The van der Waals surface area contributed by atoms with Crippen LogP contribution >= 0.6 is 0 Å². The highest BCUT2D eigenvalue weighted by atomic mass is 19.4. The molecule has 1 amide bonds. The molecule has 1 fully saturated rings. The number of carbonyl (C=O) groups is 2. The molecule has 1 unspecified atom stereocenters. The molecule has 2 aliphatic carbocycles. The van der Waals surface area contributed by atoms with Crippen molar-refractivity contribution in [3.05, 3.63) is 94.3 Å². The van der Waals surface area contributed by atoms with E-state index < -0.39 is 29.8 Å². The van der Waals surface area contributed by atoms with E-state index >= 15 is 0 Å². The number of amides is 1. The predicted molar refractivity (Wildman–Crippen MR) is 171 cm³/mol. The van der Waals surface area contributed by atoms with Gasteiger partial charge in [0.15, 0.2) is 0 Å². The molecule has 2 aliphatic rings. The minimum Gasteiger partial charge on any atom is -0.489 e. The topological polar surface area (TPSA) is 89.0 Å². The van der Waals surface area contributed by atoms with Gasteiger partial charge >= 0.3 is 18.2 Å². The number of ether oxygens (including phenoxy) is 2. The van der Waals surface area contributed by atoms with E-state index in [2.05, 4.69) is 4.98 Å². The monoisotopic (exact) mass is 652 g/mol. The second kappa shape index (κ2) is 14.4. The average Bonchev–Trinajstić information content (AvgIpc) is 3.03. The van der Waals surface area contributed by atoms with Crippen molar-refractivity contribution in [3.8, 4) is 5.75 Å². The van der Waals surface area contributed by atoms with Gasteiger partial charge in [-0.3, -0.25) is 0 Å². The molecule has 7 nitrogen and oxygen atoms in total. The van der Waals surface area contributed by atoms with Gasteiger partial charge in [-0.1, -0.05) is 48.5 Å². The summed E-state index contributed by atoms with van der Waals surface area (Å²) >= 11 is 0. The van der Waals surface area contributed by atoms with Crippen molar-refractivity contribution in [1.82, 2.24) is 9.88 Å². The second-order valence-electron chi connectivity index (χ2n) is 13.6. The van der Waals surface area contributed by atoms with Crippen molar-refractivity contribution in [1.29, 1.82) is 0 Å². The van der Waals surface area contributed by atoms with Crippen LogP contribution in [-0.2, 0) is 24.2 Å². The van der Waals surface area contributed by atoms with Gasteiger partial charge in [0.05, 0.1) is 12.0 Å². The van der Waals surface area contributed by atoms with E-state index in [4.69, 9.17) is 9.47 Å². The lowest BCUT2D eigenvalue weighted by molar-refractivity contribution is -0.182. The third-order valence-corrected chi connectivity index (χ3v) is 9.11. The van der Waals surface area contributed by atoms with Crippen LogP contribution in [0, 0.1) is 5.92 Å². The van der Waals surface area contributed by atoms with E-state index in [0.717, 1.165) is 28.7 Å². The summed E-state index contributed by atoms with van der Waals surface area (Å²) in [5.74, 6) is -1.44. The van der Waals surface area contributed by atoms with Gasteiger partial charge in [0.2, 0.25) is 0 Å². The molecule has 0 radical (unpaired) electrons. The molecule has 0 spiro atoms. The molecule has 1 atom stereocenters. The van der Waals surface area contributed by atoms with Gasteiger partial charge in [0.25, 0.3) is 0 Å². The van der Waals surface area contributed by atoms with E-state index in [0.29, 0.717) is 56.7 Å². The molecule has 0 saturated heterocycles. The first kappa shape index (κ1) is 34.3. The summed E-state index contributed by atoms with van der Waals surface area (Å²) in [4.78, 5) is 31.2. The number of carboxylic acid groups (broad SMARTS) is 1. The summed E-state index contributed by atoms with van der Waals surface area (Å²) in [7, 11) is 0. The Morgan fingerprint density at radius 2 is 1.64 bits per heavy atom. The van der Waals surface area contributed by atoms with Crippen LogP contribution in [0.5, 0.6) is 5.75 Å². The van der Waals surface area contributed by atoms with Gasteiger partial charge in [-0.15, -0.1) is 0 Å². The van der Waals surface area contributed by atoms with E-state index in [1.165, 1.54) is 6.07 Å². The zero-order valence-electron chi connectivity index (χ0n) is 27.2. The highest BCUT2D eigenvalue weighted by Crippen LogP contribution is 2.43. The minimum atomic E-state index is -4.11. The zero-order valence-corrected chi connectivity index (χ0v) is 27.2. The summed E-state index contributed by atoms with van der Waals surface area (Å²) in [6.07, 6.45) is -0.494. The third-order valence-electron chi connectivity index (χ3n) is 9.11. The number of halogens is 3. The second-order valence-corrected chi connectivity index (χ2v) is 13.6. The van der Waals surface area contributed by atoms with Gasteiger partial charge in [0.1, 0.15) is 23.7 Å². The number of nitrogens with zero attached hydrogens (tertiary/aromatic N) is 2. The van der Waals surface area contributed by atoms with Gasteiger partial charge < -0.3 is 19.5 Å². The van der Waals surface area contributed by atoms with Crippen LogP contribution in [0.1, 0.15) is 110 Å². The number of pyridine rings is 1. The van der Waals surface area contributed by atoms with E-state index in [-0.39, 0.29) is 30.5 Å². The molecule has 2 aromatic carbocycles. The van der Waals surface area contributed by atoms with Crippen molar-refractivity contribution in [2.24, 2.45) is 5.92 Å². The number of hydrogen-bond donors (Lipinski definition) is 1. The first-order valence-electron chi connectivity index (χ1n) is 16.4. The fourth-order valence-electron chi connectivity index (χ4n) is 6.67. The number of alkyl halides is 3. The van der Waals surface area contributed by atoms with Gasteiger partial charge in [0, 0.05) is 12.2 Å². The van der Waals surface area contributed by atoms with Crippen LogP contribution in [0.25, 0.3) is 0 Å². The minimum absolute atomic E-state index is 0.0120. The lowest BCUT2D eigenvalue weighted by atomic mass is 9.78. The molecule has 0 bridgehead atoms. The Kier molecular flexibility index (Phi) is 10.5. The van der Waals surface area contributed by atoms with Crippen molar-refractivity contribution < 1.29 is 37.3 Å². The highest BCUT2D eigenvalue weighted by molar-refractivity contribution is 5.85. The lowest BCUT2D eigenvalue weighted by Crippen LogP contribution is -2.41. The number of rotatable bonds is 9. The van der Waals surface area contributed by atoms with E-state index in [1.54, 1.807) is 11.0 Å². The predicted octanol–water partition coefficient (Wildman–Crippen LogP) is 9.05. The molecule has 47 heavy (non-hydrogen) atoms. The molecular formula is C37H43F3N2O5. The molecule has 1 heterocycles. The Morgan fingerprint density at radius 1 is 0.936 bits per heavy atom. The average molecular weight is 653 g/mol. The number of aryl methyl sites for hydroxylation is 1. The number of carbonyl (C=O) groups excluding carboxylic acids is 1. The van der Waals surface area contributed by atoms with Crippen LogP contribution in [0.2, 0.25) is 0 Å². The molecular weight excluding hydrogens is 609 g/mol. The molecule has 5 rings (SSSR count).